The molecule has 0 fully saturated rings. The Morgan fingerprint density at radius 2 is 0.857 bits per heavy atom. The van der Waals surface area contributed by atoms with Crippen molar-refractivity contribution in [3.05, 3.63) is 0 Å². The lowest BCUT2D eigenvalue weighted by Crippen LogP contribution is -2.34. The van der Waals surface area contributed by atoms with Crippen LogP contribution in [-0.2, 0) is 19.2 Å². The highest BCUT2D eigenvalue weighted by atomic mass is 17.3. The summed E-state index contributed by atoms with van der Waals surface area (Å²) in [6.45, 7) is 16.5. The smallest absolute Gasteiger partial charge is 0.428 e. The Bertz CT molecular complexity index is 391. The van der Waals surface area contributed by atoms with Gasteiger partial charge in [-0.15, -0.1) is 0 Å². The van der Waals surface area contributed by atoms with E-state index in [1.165, 1.54) is 0 Å². The van der Waals surface area contributed by atoms with Crippen LogP contribution in [0.15, 0.2) is 0 Å². The van der Waals surface area contributed by atoms with E-state index in [-0.39, 0.29) is 35.9 Å². The molecular formula is C22H42O6. The van der Waals surface area contributed by atoms with Crippen LogP contribution >= 0.6 is 0 Å². The van der Waals surface area contributed by atoms with E-state index >= 15 is 0 Å². The highest BCUT2D eigenvalue weighted by molar-refractivity contribution is 5.63. The topological polar surface area (TPSA) is 71.1 Å². The first-order valence-electron chi connectivity index (χ1n) is 11.0. The molecule has 4 atom stereocenters. The predicted octanol–water partition coefficient (Wildman–Crippen LogP) is 6.91. The number of hydrogen-bond acceptors (Lipinski definition) is 6. The lowest BCUT2D eigenvalue weighted by molar-refractivity contribution is -0.231. The summed E-state index contributed by atoms with van der Waals surface area (Å²) in [5.41, 5.74) is 0. The molecule has 0 bridgehead atoms. The van der Waals surface area contributed by atoms with E-state index < -0.39 is 12.3 Å². The van der Waals surface area contributed by atoms with E-state index in [1.54, 1.807) is 0 Å². The Labute approximate surface area is 171 Å². The lowest BCUT2D eigenvalue weighted by Gasteiger charge is -2.29. The van der Waals surface area contributed by atoms with Crippen LogP contribution in [0.3, 0.4) is 0 Å². The van der Waals surface area contributed by atoms with Crippen LogP contribution in [-0.4, -0.2) is 24.5 Å². The minimum absolute atomic E-state index is 0.189. The summed E-state index contributed by atoms with van der Waals surface area (Å²) in [5.74, 6) is 0.848. The fourth-order valence-electron chi connectivity index (χ4n) is 3.65. The van der Waals surface area contributed by atoms with Gasteiger partial charge in [0.05, 0.1) is 0 Å². The van der Waals surface area contributed by atoms with E-state index in [9.17, 15) is 9.59 Å². The van der Waals surface area contributed by atoms with Gasteiger partial charge in [-0.25, -0.2) is 0 Å². The Hall–Kier alpha value is -1.46. The van der Waals surface area contributed by atoms with E-state index in [0.717, 1.165) is 38.5 Å². The second-order valence-corrected chi connectivity index (χ2v) is 7.76. The maximum atomic E-state index is 12.1. The minimum atomic E-state index is -1.00. The van der Waals surface area contributed by atoms with Gasteiger partial charge in [-0.1, -0.05) is 68.2 Å². The minimum Gasteiger partial charge on any atom is -0.428 e. The van der Waals surface area contributed by atoms with Gasteiger partial charge in [-0.05, 0) is 49.4 Å². The zero-order valence-electron chi connectivity index (χ0n) is 19.2. The van der Waals surface area contributed by atoms with Crippen molar-refractivity contribution in [2.75, 3.05) is 0 Å². The standard InChI is InChI=1S/C22H42O6/c1-9-15(7)19(17(11-3)12-4)25-21(23)27-28-22(24)26-20(16(8)10-2)18(13-5)14-6/h15-20H,9-14H2,1-8H3. The zero-order chi connectivity index (χ0) is 21.7. The third-order valence-electron chi connectivity index (χ3n) is 6.08. The molecule has 0 heterocycles. The average Bonchev–Trinajstić information content (AvgIpc) is 2.71. The second-order valence-electron chi connectivity index (χ2n) is 7.76. The lowest BCUT2D eigenvalue weighted by atomic mass is 9.87. The normalized spacial score (nSPS) is 15.6. The molecule has 28 heavy (non-hydrogen) atoms. The maximum Gasteiger partial charge on any atom is 0.550 e. The zero-order valence-corrected chi connectivity index (χ0v) is 19.2. The summed E-state index contributed by atoms with van der Waals surface area (Å²) in [5, 5.41) is 0. The van der Waals surface area contributed by atoms with Gasteiger partial charge in [-0.3, -0.25) is 0 Å². The van der Waals surface area contributed by atoms with E-state index in [4.69, 9.17) is 9.47 Å². The van der Waals surface area contributed by atoms with E-state index in [1.807, 2.05) is 13.8 Å². The number of rotatable bonds is 12. The van der Waals surface area contributed by atoms with Gasteiger partial charge in [0.1, 0.15) is 12.2 Å². The SMILES string of the molecule is CCC(C)C(OC(=O)OOC(=O)OC(C(C)CC)C(CC)CC)C(CC)CC. The van der Waals surface area contributed by atoms with Gasteiger partial charge in [-0.2, -0.15) is 19.4 Å². The first-order valence-corrected chi connectivity index (χ1v) is 11.0. The molecule has 6 nitrogen and oxygen atoms in total. The molecule has 0 rings (SSSR count). The largest absolute Gasteiger partial charge is 0.550 e. The molecule has 6 heteroatoms. The quantitative estimate of drug-likeness (QED) is 0.201. The van der Waals surface area contributed by atoms with Crippen LogP contribution in [0.5, 0.6) is 0 Å². The van der Waals surface area contributed by atoms with E-state index in [2.05, 4.69) is 51.3 Å². The Balaban J connectivity index is 4.79. The molecule has 0 aromatic carbocycles. The van der Waals surface area contributed by atoms with Crippen LogP contribution in [0, 0.1) is 23.7 Å². The van der Waals surface area contributed by atoms with Crippen LogP contribution in [0.4, 0.5) is 9.59 Å². The van der Waals surface area contributed by atoms with Crippen molar-refractivity contribution >= 4 is 12.3 Å². The summed E-state index contributed by atoms with van der Waals surface area (Å²) < 4.78 is 10.9. The van der Waals surface area contributed by atoms with Crippen molar-refractivity contribution in [2.45, 2.75) is 106 Å². The van der Waals surface area contributed by atoms with Crippen molar-refractivity contribution in [3.8, 4) is 0 Å². The molecule has 0 aliphatic carbocycles. The number of carbonyl (C=O) groups is 2. The van der Waals surface area contributed by atoms with Crippen LogP contribution in [0.1, 0.15) is 93.9 Å². The Morgan fingerprint density at radius 3 is 1.07 bits per heavy atom. The number of ether oxygens (including phenoxy) is 2. The second kappa shape index (κ2) is 14.5. The van der Waals surface area contributed by atoms with Gasteiger partial charge in [0, 0.05) is 0 Å². The summed E-state index contributed by atoms with van der Waals surface area (Å²) in [6.07, 6.45) is 2.79. The van der Waals surface area contributed by atoms with Gasteiger partial charge < -0.3 is 9.47 Å². The van der Waals surface area contributed by atoms with Crippen molar-refractivity contribution in [1.82, 2.24) is 0 Å². The summed E-state index contributed by atoms with van der Waals surface area (Å²) in [6, 6.07) is 0. The van der Waals surface area contributed by atoms with Crippen LogP contribution < -0.4 is 0 Å². The Morgan fingerprint density at radius 1 is 0.571 bits per heavy atom. The number of carbonyl (C=O) groups excluding carboxylic acids is 2. The maximum absolute atomic E-state index is 12.1. The highest BCUT2D eigenvalue weighted by Crippen LogP contribution is 2.27. The van der Waals surface area contributed by atoms with Crippen molar-refractivity contribution in [1.29, 1.82) is 0 Å². The molecule has 0 amide bonds. The molecule has 4 unspecified atom stereocenters. The molecule has 0 aliphatic heterocycles. The molecule has 166 valence electrons. The predicted molar refractivity (Wildman–Crippen MR) is 110 cm³/mol. The van der Waals surface area contributed by atoms with Gasteiger partial charge in [0.25, 0.3) is 0 Å². The molecule has 0 N–H and O–H groups in total. The summed E-state index contributed by atoms with van der Waals surface area (Å²) in [7, 11) is 0. The van der Waals surface area contributed by atoms with Crippen molar-refractivity contribution in [2.24, 2.45) is 23.7 Å². The van der Waals surface area contributed by atoms with Crippen LogP contribution in [0.2, 0.25) is 0 Å². The molecule has 0 aliphatic rings. The third kappa shape index (κ3) is 8.70. The molecule has 0 aromatic rings. The van der Waals surface area contributed by atoms with Crippen LogP contribution in [0.25, 0.3) is 0 Å². The number of hydrogen-bond donors (Lipinski definition) is 0. The summed E-state index contributed by atoms with van der Waals surface area (Å²) in [4.78, 5) is 33.3. The first kappa shape index (κ1) is 26.5. The monoisotopic (exact) mass is 402 g/mol. The van der Waals surface area contributed by atoms with Gasteiger partial charge in [0.15, 0.2) is 0 Å². The van der Waals surface area contributed by atoms with Crippen molar-refractivity contribution < 1.29 is 28.8 Å². The molecule has 0 aromatic heterocycles. The first-order chi connectivity index (χ1) is 13.3. The fourth-order valence-corrected chi connectivity index (χ4v) is 3.65. The van der Waals surface area contributed by atoms with Gasteiger partial charge in [0.2, 0.25) is 0 Å². The molecule has 0 spiro atoms. The molecular weight excluding hydrogens is 360 g/mol. The average molecular weight is 403 g/mol. The van der Waals surface area contributed by atoms with Gasteiger partial charge >= 0.3 is 12.3 Å². The molecule has 0 saturated carbocycles. The third-order valence-corrected chi connectivity index (χ3v) is 6.08. The molecule has 0 saturated heterocycles. The highest BCUT2D eigenvalue weighted by Gasteiger charge is 2.31. The van der Waals surface area contributed by atoms with E-state index in [0.29, 0.717) is 0 Å². The van der Waals surface area contributed by atoms with Crippen molar-refractivity contribution in [3.63, 3.8) is 0 Å². The fraction of sp³-hybridized carbons (Fsp3) is 0.909. The Kier molecular flexibility index (Phi) is 13.8. The molecule has 0 radical (unpaired) electrons. The summed E-state index contributed by atoms with van der Waals surface area (Å²) >= 11 is 0.